The van der Waals surface area contributed by atoms with Crippen molar-refractivity contribution in [3.63, 3.8) is 0 Å². The molecule has 3 heteroatoms. The van der Waals surface area contributed by atoms with Crippen LogP contribution in [-0.4, -0.2) is 18.4 Å². The Labute approximate surface area is 94.7 Å². The van der Waals surface area contributed by atoms with Crippen LogP contribution in [0.15, 0.2) is 36.4 Å². The molecular weight excluding hydrogens is 204 g/mol. The molecule has 0 aliphatic carbocycles. The van der Waals surface area contributed by atoms with E-state index in [2.05, 4.69) is 0 Å². The number of rotatable bonds is 4. The van der Waals surface area contributed by atoms with Crippen LogP contribution in [-0.2, 0) is 9.53 Å². The molecule has 0 saturated carbocycles. The largest absolute Gasteiger partial charge is 0.454 e. The van der Waals surface area contributed by atoms with Gasteiger partial charge in [-0.25, -0.2) is 4.79 Å². The highest BCUT2D eigenvalue weighted by atomic mass is 16.5. The van der Waals surface area contributed by atoms with Gasteiger partial charge in [0.1, 0.15) is 0 Å². The molecule has 0 bridgehead atoms. The third-order valence-corrected chi connectivity index (χ3v) is 2.02. The molecule has 16 heavy (non-hydrogen) atoms. The smallest absolute Gasteiger partial charge is 0.330 e. The Hall–Kier alpha value is -1.90. The summed E-state index contributed by atoms with van der Waals surface area (Å²) in [6.45, 7) is 3.44. The number of ether oxygens (including phenoxy) is 1. The molecular formula is C13H14O3. The molecule has 0 radical (unpaired) electrons. The van der Waals surface area contributed by atoms with Gasteiger partial charge in [-0.2, -0.15) is 0 Å². The van der Waals surface area contributed by atoms with Gasteiger partial charge in [0.25, 0.3) is 0 Å². The van der Waals surface area contributed by atoms with Gasteiger partial charge in [-0.05, 0) is 13.8 Å². The summed E-state index contributed by atoms with van der Waals surface area (Å²) < 4.78 is 4.75. The van der Waals surface area contributed by atoms with Crippen molar-refractivity contribution in [3.05, 3.63) is 47.5 Å². The zero-order valence-corrected chi connectivity index (χ0v) is 9.40. The number of benzene rings is 1. The molecule has 0 spiro atoms. The first-order valence-corrected chi connectivity index (χ1v) is 5.03. The standard InChI is InChI=1S/C13H14O3/c1-3-4-13(15)16-9-12(14)11-7-5-10(2)6-8-11/h3-8H,9H2,1-2H3. The molecule has 0 aliphatic heterocycles. The van der Waals surface area contributed by atoms with E-state index in [9.17, 15) is 9.59 Å². The second-order valence-electron chi connectivity index (χ2n) is 3.40. The van der Waals surface area contributed by atoms with Crippen LogP contribution in [0.4, 0.5) is 0 Å². The van der Waals surface area contributed by atoms with E-state index in [0.717, 1.165) is 5.56 Å². The molecule has 0 heterocycles. The van der Waals surface area contributed by atoms with Crippen LogP contribution in [0, 0.1) is 6.92 Å². The van der Waals surface area contributed by atoms with Gasteiger partial charge in [0, 0.05) is 11.6 Å². The van der Waals surface area contributed by atoms with Crippen LogP contribution < -0.4 is 0 Å². The molecule has 0 saturated heterocycles. The van der Waals surface area contributed by atoms with Crippen molar-refractivity contribution in [3.8, 4) is 0 Å². The summed E-state index contributed by atoms with van der Waals surface area (Å²) in [5, 5.41) is 0. The van der Waals surface area contributed by atoms with Gasteiger partial charge >= 0.3 is 5.97 Å². The van der Waals surface area contributed by atoms with Crippen molar-refractivity contribution in [2.24, 2.45) is 0 Å². The minimum absolute atomic E-state index is 0.196. The van der Waals surface area contributed by atoms with Gasteiger partial charge in [-0.3, -0.25) is 4.79 Å². The highest BCUT2D eigenvalue weighted by molar-refractivity contribution is 5.98. The normalized spacial score (nSPS) is 10.4. The van der Waals surface area contributed by atoms with Crippen LogP contribution in [0.2, 0.25) is 0 Å². The fourth-order valence-electron chi connectivity index (χ4n) is 1.14. The summed E-state index contributed by atoms with van der Waals surface area (Å²) in [5.41, 5.74) is 1.64. The average Bonchev–Trinajstić information content (AvgIpc) is 2.27. The number of Topliss-reactive ketones (excluding diaryl/α,β-unsaturated/α-hetero) is 1. The van der Waals surface area contributed by atoms with Crippen molar-refractivity contribution in [2.75, 3.05) is 6.61 Å². The zero-order valence-electron chi connectivity index (χ0n) is 9.40. The first-order valence-electron chi connectivity index (χ1n) is 5.03. The molecule has 1 aromatic rings. The van der Waals surface area contributed by atoms with Crippen molar-refractivity contribution >= 4 is 11.8 Å². The maximum absolute atomic E-state index is 11.6. The lowest BCUT2D eigenvalue weighted by Crippen LogP contribution is -2.12. The van der Waals surface area contributed by atoms with Crippen LogP contribution in [0.3, 0.4) is 0 Å². The molecule has 0 unspecified atom stereocenters. The molecule has 0 fully saturated rings. The molecule has 0 aliphatic rings. The van der Waals surface area contributed by atoms with Crippen molar-refractivity contribution in [1.29, 1.82) is 0 Å². The summed E-state index contributed by atoms with van der Waals surface area (Å²) in [5.74, 6) is -0.694. The van der Waals surface area contributed by atoms with Crippen LogP contribution in [0.25, 0.3) is 0 Å². The fraction of sp³-hybridized carbons (Fsp3) is 0.231. The van der Waals surface area contributed by atoms with Crippen molar-refractivity contribution in [2.45, 2.75) is 13.8 Å². The van der Waals surface area contributed by atoms with E-state index in [-0.39, 0.29) is 12.4 Å². The minimum atomic E-state index is -0.497. The van der Waals surface area contributed by atoms with E-state index < -0.39 is 5.97 Å². The number of aryl methyl sites for hydroxylation is 1. The van der Waals surface area contributed by atoms with Crippen molar-refractivity contribution in [1.82, 2.24) is 0 Å². The fourth-order valence-corrected chi connectivity index (χ4v) is 1.14. The molecule has 1 aromatic carbocycles. The first kappa shape index (κ1) is 12.2. The minimum Gasteiger partial charge on any atom is -0.454 e. The quantitative estimate of drug-likeness (QED) is 0.442. The van der Waals surface area contributed by atoms with Crippen LogP contribution >= 0.6 is 0 Å². The molecule has 0 atom stereocenters. The Kier molecular flexibility index (Phi) is 4.45. The van der Waals surface area contributed by atoms with E-state index in [1.165, 1.54) is 6.08 Å². The number of hydrogen-bond donors (Lipinski definition) is 0. The van der Waals surface area contributed by atoms with Gasteiger partial charge in [0.2, 0.25) is 0 Å². The number of carbonyl (C=O) groups excluding carboxylic acids is 2. The van der Waals surface area contributed by atoms with Gasteiger partial charge in [-0.15, -0.1) is 0 Å². The lowest BCUT2D eigenvalue weighted by Gasteiger charge is -2.02. The maximum Gasteiger partial charge on any atom is 0.330 e. The average molecular weight is 218 g/mol. The van der Waals surface area contributed by atoms with Crippen LogP contribution in [0.1, 0.15) is 22.8 Å². The predicted octanol–water partition coefficient (Wildman–Crippen LogP) is 2.30. The summed E-state index contributed by atoms with van der Waals surface area (Å²) in [6, 6.07) is 7.14. The summed E-state index contributed by atoms with van der Waals surface area (Å²) >= 11 is 0. The molecule has 84 valence electrons. The van der Waals surface area contributed by atoms with E-state index >= 15 is 0 Å². The molecule has 0 N–H and O–H groups in total. The monoisotopic (exact) mass is 218 g/mol. The lowest BCUT2D eigenvalue weighted by molar-refractivity contribution is -0.136. The lowest BCUT2D eigenvalue weighted by atomic mass is 10.1. The number of carbonyl (C=O) groups is 2. The maximum atomic E-state index is 11.6. The Balaban J connectivity index is 2.53. The molecule has 1 rings (SSSR count). The highest BCUT2D eigenvalue weighted by Crippen LogP contribution is 2.04. The molecule has 3 nitrogen and oxygen atoms in total. The zero-order chi connectivity index (χ0) is 12.0. The summed E-state index contributed by atoms with van der Waals surface area (Å²) in [7, 11) is 0. The van der Waals surface area contributed by atoms with Gasteiger partial charge < -0.3 is 4.74 Å². The third-order valence-electron chi connectivity index (χ3n) is 2.02. The second kappa shape index (κ2) is 5.85. The van der Waals surface area contributed by atoms with Gasteiger partial charge in [0.05, 0.1) is 0 Å². The van der Waals surface area contributed by atoms with Crippen molar-refractivity contribution < 1.29 is 14.3 Å². The molecule has 0 aromatic heterocycles. The predicted molar refractivity (Wildman–Crippen MR) is 61.3 cm³/mol. The highest BCUT2D eigenvalue weighted by Gasteiger charge is 2.07. The van der Waals surface area contributed by atoms with E-state index in [1.54, 1.807) is 25.1 Å². The number of esters is 1. The van der Waals surface area contributed by atoms with E-state index in [1.807, 2.05) is 19.1 Å². The van der Waals surface area contributed by atoms with Gasteiger partial charge in [-0.1, -0.05) is 35.9 Å². The number of ketones is 1. The first-order chi connectivity index (χ1) is 7.63. The van der Waals surface area contributed by atoms with E-state index in [4.69, 9.17) is 4.74 Å². The Morgan fingerprint density at radius 3 is 2.44 bits per heavy atom. The van der Waals surface area contributed by atoms with E-state index in [0.29, 0.717) is 5.56 Å². The third kappa shape index (κ3) is 3.69. The second-order valence-corrected chi connectivity index (χ2v) is 3.40. The topological polar surface area (TPSA) is 43.4 Å². The number of allylic oxidation sites excluding steroid dienone is 1. The Morgan fingerprint density at radius 1 is 1.25 bits per heavy atom. The van der Waals surface area contributed by atoms with Gasteiger partial charge in [0.15, 0.2) is 12.4 Å². The summed E-state index contributed by atoms with van der Waals surface area (Å²) in [4.78, 5) is 22.5. The Morgan fingerprint density at radius 2 is 1.88 bits per heavy atom. The number of hydrogen-bond acceptors (Lipinski definition) is 3. The van der Waals surface area contributed by atoms with Crippen LogP contribution in [0.5, 0.6) is 0 Å². The molecule has 0 amide bonds. The SMILES string of the molecule is CC=CC(=O)OCC(=O)c1ccc(C)cc1. The Bertz CT molecular complexity index is 402. The summed E-state index contributed by atoms with van der Waals surface area (Å²) in [6.07, 6.45) is 2.85.